The Labute approximate surface area is 102 Å². The molecule has 0 saturated carbocycles. The van der Waals surface area contributed by atoms with E-state index in [9.17, 15) is 43.9 Å². The molecule has 0 N–H and O–H groups in total. The van der Waals surface area contributed by atoms with Crippen molar-refractivity contribution in [3.05, 3.63) is 0 Å². The van der Waals surface area contributed by atoms with Gasteiger partial charge < -0.3 is 0 Å². The Morgan fingerprint density at radius 2 is 1.00 bits per heavy atom. The van der Waals surface area contributed by atoms with Gasteiger partial charge in [0.15, 0.2) is 0 Å². The lowest BCUT2D eigenvalue weighted by molar-refractivity contribution is -0.387. The van der Waals surface area contributed by atoms with Crippen LogP contribution in [0.2, 0.25) is 0 Å². The Hall–Kier alpha value is -0.220. The van der Waals surface area contributed by atoms with E-state index in [4.69, 9.17) is 0 Å². The Morgan fingerprint density at radius 1 is 0.667 bits per heavy atom. The molecule has 0 heterocycles. The maximum absolute atomic E-state index is 12.7. The minimum absolute atomic E-state index is 0.314. The second kappa shape index (κ2) is 4.41. The van der Waals surface area contributed by atoms with E-state index in [0.29, 0.717) is 6.92 Å². The van der Waals surface area contributed by atoms with Gasteiger partial charge >= 0.3 is 28.5 Å². The highest BCUT2D eigenvalue weighted by atomic mass is 79.9. The summed E-state index contributed by atoms with van der Waals surface area (Å²) in [5.74, 6) is -25.9. The van der Waals surface area contributed by atoms with Crippen molar-refractivity contribution in [1.82, 2.24) is 0 Å². The van der Waals surface area contributed by atoms with Gasteiger partial charge in [-0.2, -0.15) is 43.9 Å². The smallest absolute Gasteiger partial charge is 0.200 e. The molecule has 0 radical (unpaired) electrons. The fourth-order valence-electron chi connectivity index (χ4n) is 0.827. The van der Waals surface area contributed by atoms with E-state index >= 15 is 0 Å². The van der Waals surface area contributed by atoms with E-state index < -0.39 is 34.9 Å². The Morgan fingerprint density at radius 3 is 1.22 bits per heavy atom. The highest BCUT2D eigenvalue weighted by Crippen LogP contribution is 2.58. The average Bonchev–Trinajstić information content (AvgIpc) is 2.15. The van der Waals surface area contributed by atoms with Crippen LogP contribution in [0.15, 0.2) is 0 Å². The standard InChI is InChI=1S/C7H5BrF10/c1-2-3(9,10)4(11,12)5(13,14)6(15,16)7(8,17)18/h2H2,1H3. The number of hydrogen-bond donors (Lipinski definition) is 0. The zero-order chi connectivity index (χ0) is 15.2. The van der Waals surface area contributed by atoms with E-state index in [1.54, 1.807) is 0 Å². The summed E-state index contributed by atoms with van der Waals surface area (Å²) in [6, 6.07) is 0. The largest absolute Gasteiger partial charge is 0.388 e. The summed E-state index contributed by atoms with van der Waals surface area (Å²) in [4.78, 5) is -5.78. The fourth-order valence-corrected chi connectivity index (χ4v) is 1.08. The molecule has 0 amide bonds. The number of rotatable bonds is 5. The van der Waals surface area contributed by atoms with Gasteiger partial charge in [-0.05, 0) is 15.9 Å². The summed E-state index contributed by atoms with van der Waals surface area (Å²) in [5, 5.41) is 0. The Kier molecular flexibility index (Phi) is 4.36. The van der Waals surface area contributed by atoms with Crippen LogP contribution in [0.4, 0.5) is 43.9 Å². The first-order chi connectivity index (χ1) is 7.56. The van der Waals surface area contributed by atoms with Crippen molar-refractivity contribution >= 4 is 15.9 Å². The molecule has 0 aromatic carbocycles. The first-order valence-corrected chi connectivity index (χ1v) is 4.93. The molecule has 0 aliphatic carbocycles. The molecule has 0 rings (SSSR count). The van der Waals surface area contributed by atoms with Crippen LogP contribution in [0, 0.1) is 0 Å². The SMILES string of the molecule is CCC(F)(F)C(F)(F)C(F)(F)C(F)(F)C(F)(F)Br. The Bertz CT molecular complexity index is 304. The molecule has 18 heavy (non-hydrogen) atoms. The highest BCUT2D eigenvalue weighted by Gasteiger charge is 2.85. The van der Waals surface area contributed by atoms with Crippen LogP contribution in [0.1, 0.15) is 13.3 Å². The summed E-state index contributed by atoms with van der Waals surface area (Å²) in [6.07, 6.45) is -1.93. The fraction of sp³-hybridized carbons (Fsp3) is 1.00. The van der Waals surface area contributed by atoms with Gasteiger partial charge in [-0.3, -0.25) is 0 Å². The van der Waals surface area contributed by atoms with Crippen molar-refractivity contribution in [3.63, 3.8) is 0 Å². The maximum atomic E-state index is 12.7. The summed E-state index contributed by atoms with van der Waals surface area (Å²) in [6.45, 7) is 0.314. The van der Waals surface area contributed by atoms with Crippen molar-refractivity contribution in [3.8, 4) is 0 Å². The summed E-state index contributed by atoms with van der Waals surface area (Å²) >= 11 is 0.775. The second-order valence-corrected chi connectivity index (χ2v) is 4.27. The lowest BCUT2D eigenvalue weighted by Crippen LogP contribution is -2.65. The Balaban J connectivity index is 5.80. The third-order valence-corrected chi connectivity index (χ3v) is 2.55. The third kappa shape index (κ3) is 2.29. The lowest BCUT2D eigenvalue weighted by Gasteiger charge is -2.37. The molecule has 0 aromatic rings. The minimum atomic E-state index is -6.95. The maximum Gasteiger partial charge on any atom is 0.388 e. The second-order valence-electron chi connectivity index (χ2n) is 3.28. The molecule has 0 atom stereocenters. The predicted octanol–water partition coefficient (Wildman–Crippen LogP) is 4.93. The average molecular weight is 359 g/mol. The lowest BCUT2D eigenvalue weighted by atomic mass is 9.97. The van der Waals surface area contributed by atoms with Crippen LogP contribution in [-0.4, -0.2) is 28.5 Å². The zero-order valence-electron chi connectivity index (χ0n) is 8.36. The van der Waals surface area contributed by atoms with Crippen molar-refractivity contribution in [2.45, 2.75) is 41.9 Å². The summed E-state index contributed by atoms with van der Waals surface area (Å²) in [7, 11) is 0. The van der Waals surface area contributed by atoms with Crippen LogP contribution >= 0.6 is 15.9 Å². The molecule has 110 valence electrons. The minimum Gasteiger partial charge on any atom is -0.200 e. The molecule has 0 spiro atoms. The highest BCUT2D eigenvalue weighted by molar-refractivity contribution is 9.10. The molecule has 0 aromatic heterocycles. The number of halogens is 11. The molecular formula is C7H5BrF10. The third-order valence-electron chi connectivity index (χ3n) is 2.05. The van der Waals surface area contributed by atoms with E-state index in [1.807, 2.05) is 0 Å². The number of hydrogen-bond acceptors (Lipinski definition) is 0. The molecule has 0 saturated heterocycles. The molecule has 0 nitrogen and oxygen atoms in total. The van der Waals surface area contributed by atoms with Gasteiger partial charge in [0.25, 0.3) is 0 Å². The topological polar surface area (TPSA) is 0 Å². The van der Waals surface area contributed by atoms with Gasteiger partial charge in [-0.1, -0.05) is 6.92 Å². The van der Waals surface area contributed by atoms with E-state index in [0.717, 1.165) is 15.9 Å². The van der Waals surface area contributed by atoms with Crippen molar-refractivity contribution in [2.75, 3.05) is 0 Å². The van der Waals surface area contributed by atoms with Crippen LogP contribution < -0.4 is 0 Å². The van der Waals surface area contributed by atoms with Crippen molar-refractivity contribution in [1.29, 1.82) is 0 Å². The molecule has 11 heteroatoms. The van der Waals surface area contributed by atoms with Crippen LogP contribution in [-0.2, 0) is 0 Å². The first-order valence-electron chi connectivity index (χ1n) is 4.14. The van der Waals surface area contributed by atoms with Gasteiger partial charge in [-0.15, -0.1) is 0 Å². The van der Waals surface area contributed by atoms with Crippen LogP contribution in [0.5, 0.6) is 0 Å². The molecule has 0 aliphatic rings. The molecule has 0 aliphatic heterocycles. The van der Waals surface area contributed by atoms with Crippen LogP contribution in [0.25, 0.3) is 0 Å². The summed E-state index contributed by atoms with van der Waals surface area (Å²) in [5.41, 5.74) is 0. The van der Waals surface area contributed by atoms with Gasteiger partial charge in [0.2, 0.25) is 0 Å². The van der Waals surface area contributed by atoms with E-state index in [2.05, 4.69) is 0 Å². The normalized spacial score (nSPS) is 16.0. The predicted molar refractivity (Wildman–Crippen MR) is 44.0 cm³/mol. The van der Waals surface area contributed by atoms with Gasteiger partial charge in [0.1, 0.15) is 0 Å². The van der Waals surface area contributed by atoms with Gasteiger partial charge in [-0.25, -0.2) is 0 Å². The van der Waals surface area contributed by atoms with E-state index in [-0.39, 0.29) is 0 Å². The van der Waals surface area contributed by atoms with Crippen LogP contribution in [0.3, 0.4) is 0 Å². The quantitative estimate of drug-likeness (QED) is 0.483. The monoisotopic (exact) mass is 358 g/mol. The van der Waals surface area contributed by atoms with Gasteiger partial charge in [0.05, 0.1) is 0 Å². The van der Waals surface area contributed by atoms with Gasteiger partial charge in [0, 0.05) is 6.42 Å². The first kappa shape index (κ1) is 17.8. The molecular weight excluding hydrogens is 354 g/mol. The zero-order valence-corrected chi connectivity index (χ0v) is 9.95. The number of alkyl halides is 11. The van der Waals surface area contributed by atoms with Crippen molar-refractivity contribution < 1.29 is 43.9 Å². The molecule has 0 unspecified atom stereocenters. The summed E-state index contributed by atoms with van der Waals surface area (Å²) < 4.78 is 125. The molecule has 0 fully saturated rings. The molecule has 0 bridgehead atoms. The van der Waals surface area contributed by atoms with Crippen molar-refractivity contribution in [2.24, 2.45) is 0 Å². The van der Waals surface area contributed by atoms with E-state index in [1.165, 1.54) is 0 Å².